The third-order valence-electron chi connectivity index (χ3n) is 5.70. The minimum atomic E-state index is -3.66. The van der Waals surface area contributed by atoms with Crippen molar-refractivity contribution in [1.29, 1.82) is 0 Å². The molecule has 3 aliphatic rings. The van der Waals surface area contributed by atoms with Crippen LogP contribution in [-0.2, 0) is 20.2 Å². The summed E-state index contributed by atoms with van der Waals surface area (Å²) in [6.45, 7) is 1.61. The van der Waals surface area contributed by atoms with Crippen molar-refractivity contribution in [3.05, 3.63) is 24.3 Å². The number of nitrogens with one attached hydrogen (secondary N) is 1. The van der Waals surface area contributed by atoms with Gasteiger partial charge in [0.2, 0.25) is 10.0 Å². The maximum atomic E-state index is 12.8. The average molecular weight is 400 g/mol. The van der Waals surface area contributed by atoms with E-state index in [1.54, 1.807) is 12.1 Å². The first kappa shape index (κ1) is 18.2. The zero-order valence-electron chi connectivity index (χ0n) is 14.7. The van der Waals surface area contributed by atoms with Crippen LogP contribution in [0.4, 0.5) is 5.69 Å². The number of benzene rings is 1. The molecule has 9 heteroatoms. The SMILES string of the molecule is O=S(=O)(Nc1cccc(S(=O)(=O)N2CCCCC2)c1)N1CC2CCC1C2. The predicted molar refractivity (Wildman–Crippen MR) is 99.4 cm³/mol. The van der Waals surface area contributed by atoms with Crippen LogP contribution in [0.15, 0.2) is 29.2 Å². The normalized spacial score (nSPS) is 27.7. The fourth-order valence-electron chi connectivity index (χ4n) is 4.36. The van der Waals surface area contributed by atoms with Gasteiger partial charge >= 0.3 is 10.2 Å². The van der Waals surface area contributed by atoms with E-state index in [4.69, 9.17) is 0 Å². The molecule has 0 spiro atoms. The van der Waals surface area contributed by atoms with Gasteiger partial charge in [-0.1, -0.05) is 12.5 Å². The Morgan fingerprint density at radius 3 is 2.42 bits per heavy atom. The number of sulfonamides is 1. The van der Waals surface area contributed by atoms with Gasteiger partial charge in [0, 0.05) is 25.7 Å². The summed E-state index contributed by atoms with van der Waals surface area (Å²) in [7, 11) is -7.24. The van der Waals surface area contributed by atoms with Gasteiger partial charge in [0.15, 0.2) is 0 Å². The van der Waals surface area contributed by atoms with Crippen molar-refractivity contribution in [2.75, 3.05) is 24.4 Å². The van der Waals surface area contributed by atoms with Crippen LogP contribution in [0.3, 0.4) is 0 Å². The highest BCUT2D eigenvalue weighted by molar-refractivity contribution is 7.90. The highest BCUT2D eigenvalue weighted by Crippen LogP contribution is 2.39. The van der Waals surface area contributed by atoms with E-state index in [0.717, 1.165) is 38.5 Å². The highest BCUT2D eigenvalue weighted by Gasteiger charge is 2.43. The van der Waals surface area contributed by atoms with E-state index in [1.165, 1.54) is 20.7 Å². The number of anilines is 1. The van der Waals surface area contributed by atoms with E-state index in [0.29, 0.717) is 31.2 Å². The summed E-state index contributed by atoms with van der Waals surface area (Å²) in [5, 5.41) is 0. The largest absolute Gasteiger partial charge is 0.301 e. The molecule has 144 valence electrons. The van der Waals surface area contributed by atoms with Crippen LogP contribution in [0.5, 0.6) is 0 Å². The van der Waals surface area contributed by atoms with E-state index in [9.17, 15) is 16.8 Å². The zero-order valence-corrected chi connectivity index (χ0v) is 16.3. The maximum absolute atomic E-state index is 12.8. The summed E-state index contributed by atoms with van der Waals surface area (Å²) in [4.78, 5) is 0.141. The van der Waals surface area contributed by atoms with Crippen molar-refractivity contribution in [2.45, 2.75) is 49.5 Å². The number of hydrogen-bond donors (Lipinski definition) is 1. The molecule has 1 aromatic carbocycles. The predicted octanol–water partition coefficient (Wildman–Crippen LogP) is 2.00. The van der Waals surface area contributed by atoms with Crippen molar-refractivity contribution in [3.8, 4) is 0 Å². The van der Waals surface area contributed by atoms with Gasteiger partial charge in [0.1, 0.15) is 0 Å². The molecule has 0 amide bonds. The Bertz CT molecular complexity index is 879. The molecule has 4 rings (SSSR count). The molecular formula is C17H25N3O4S2. The molecule has 0 radical (unpaired) electrons. The second-order valence-corrected chi connectivity index (χ2v) is 11.1. The van der Waals surface area contributed by atoms with Gasteiger partial charge in [-0.25, -0.2) is 8.42 Å². The van der Waals surface area contributed by atoms with Gasteiger partial charge in [-0.05, 0) is 56.2 Å². The lowest BCUT2D eigenvalue weighted by molar-refractivity contribution is 0.335. The standard InChI is InChI=1S/C17H25N3O4S2/c21-25(22,19-9-2-1-3-10-19)17-6-4-5-15(12-17)18-26(23,24)20-13-14-7-8-16(20)11-14/h4-6,12,14,16,18H,1-3,7-11,13H2. The quantitative estimate of drug-likeness (QED) is 0.820. The third-order valence-corrected chi connectivity index (χ3v) is 9.15. The number of hydrogen-bond acceptors (Lipinski definition) is 4. The molecule has 2 bridgehead atoms. The van der Waals surface area contributed by atoms with Gasteiger partial charge in [0.05, 0.1) is 10.6 Å². The molecule has 7 nitrogen and oxygen atoms in total. The summed E-state index contributed by atoms with van der Waals surface area (Å²) in [5.41, 5.74) is 0.297. The lowest BCUT2D eigenvalue weighted by atomic mass is 10.1. The van der Waals surface area contributed by atoms with Gasteiger partial charge in [-0.15, -0.1) is 0 Å². The Kier molecular flexibility index (Phi) is 4.75. The van der Waals surface area contributed by atoms with E-state index < -0.39 is 20.2 Å². The van der Waals surface area contributed by atoms with E-state index in [2.05, 4.69) is 4.72 Å². The molecule has 2 unspecified atom stereocenters. The summed E-state index contributed by atoms with van der Waals surface area (Å²) < 4.78 is 56.6. The molecule has 2 aliphatic heterocycles. The fourth-order valence-corrected chi connectivity index (χ4v) is 7.45. The first-order chi connectivity index (χ1) is 12.4. The van der Waals surface area contributed by atoms with Crippen LogP contribution in [0, 0.1) is 5.92 Å². The monoisotopic (exact) mass is 399 g/mol. The minimum absolute atomic E-state index is 0.0813. The lowest BCUT2D eigenvalue weighted by Crippen LogP contribution is -2.41. The van der Waals surface area contributed by atoms with Crippen LogP contribution >= 0.6 is 0 Å². The molecule has 0 aromatic heterocycles. The Balaban J connectivity index is 1.54. The van der Waals surface area contributed by atoms with Crippen molar-refractivity contribution in [3.63, 3.8) is 0 Å². The molecule has 1 saturated carbocycles. The number of rotatable bonds is 5. The van der Waals surface area contributed by atoms with Crippen LogP contribution < -0.4 is 4.72 Å². The summed E-state index contributed by atoms with van der Waals surface area (Å²) in [6, 6.07) is 6.22. The van der Waals surface area contributed by atoms with Crippen molar-refractivity contribution >= 4 is 25.9 Å². The molecule has 3 fully saturated rings. The molecule has 2 heterocycles. The van der Waals surface area contributed by atoms with Crippen LogP contribution in [0.2, 0.25) is 0 Å². The van der Waals surface area contributed by atoms with E-state index in [1.807, 2.05) is 0 Å². The Morgan fingerprint density at radius 1 is 1.00 bits per heavy atom. The van der Waals surface area contributed by atoms with Crippen molar-refractivity contribution in [1.82, 2.24) is 8.61 Å². The van der Waals surface area contributed by atoms with Gasteiger partial charge in [-0.2, -0.15) is 17.0 Å². The summed E-state index contributed by atoms with van der Waals surface area (Å²) in [6.07, 6.45) is 5.72. The Labute approximate surface area is 155 Å². The molecule has 26 heavy (non-hydrogen) atoms. The topological polar surface area (TPSA) is 86.8 Å². The summed E-state index contributed by atoms with van der Waals surface area (Å²) in [5.74, 6) is 0.461. The Morgan fingerprint density at radius 2 is 1.77 bits per heavy atom. The fraction of sp³-hybridized carbons (Fsp3) is 0.647. The van der Waals surface area contributed by atoms with Gasteiger partial charge in [0.25, 0.3) is 0 Å². The molecule has 2 saturated heterocycles. The van der Waals surface area contributed by atoms with Gasteiger partial charge in [-0.3, -0.25) is 4.72 Å². The number of piperidine rings is 2. The first-order valence-electron chi connectivity index (χ1n) is 9.26. The van der Waals surface area contributed by atoms with Crippen molar-refractivity contribution in [2.24, 2.45) is 5.92 Å². The zero-order chi connectivity index (χ0) is 18.4. The average Bonchev–Trinajstić information content (AvgIpc) is 3.26. The van der Waals surface area contributed by atoms with E-state index >= 15 is 0 Å². The second kappa shape index (κ2) is 6.78. The second-order valence-electron chi connectivity index (χ2n) is 7.50. The lowest BCUT2D eigenvalue weighted by Gasteiger charge is -2.27. The molecular weight excluding hydrogens is 374 g/mol. The number of nitrogens with zero attached hydrogens (tertiary/aromatic N) is 2. The van der Waals surface area contributed by atoms with E-state index in [-0.39, 0.29) is 10.9 Å². The molecule has 1 aliphatic carbocycles. The molecule has 1 N–H and O–H groups in total. The third kappa shape index (κ3) is 3.37. The summed E-state index contributed by atoms with van der Waals surface area (Å²) >= 11 is 0. The highest BCUT2D eigenvalue weighted by atomic mass is 32.2. The maximum Gasteiger partial charge on any atom is 0.301 e. The van der Waals surface area contributed by atoms with Crippen LogP contribution in [-0.4, -0.2) is 51.1 Å². The minimum Gasteiger partial charge on any atom is -0.271 e. The Hall–Kier alpha value is -1.16. The molecule has 2 atom stereocenters. The first-order valence-corrected chi connectivity index (χ1v) is 12.1. The molecule has 1 aromatic rings. The number of fused-ring (bicyclic) bond motifs is 2. The van der Waals surface area contributed by atoms with Crippen molar-refractivity contribution < 1.29 is 16.8 Å². The van der Waals surface area contributed by atoms with Gasteiger partial charge < -0.3 is 0 Å². The smallest absolute Gasteiger partial charge is 0.271 e. The van der Waals surface area contributed by atoms with Crippen LogP contribution in [0.1, 0.15) is 38.5 Å². The van der Waals surface area contributed by atoms with Crippen LogP contribution in [0.25, 0.3) is 0 Å².